The van der Waals surface area contributed by atoms with Crippen molar-refractivity contribution < 1.29 is 9.53 Å². The Morgan fingerprint density at radius 2 is 1.75 bits per heavy atom. The Balaban J connectivity index is 2.25. The number of ether oxygens (including phenoxy) is 1. The molecule has 2 heteroatoms. The lowest BCUT2D eigenvalue weighted by molar-refractivity contribution is -0.120. The van der Waals surface area contributed by atoms with Crippen LogP contribution in [-0.2, 0) is 10.2 Å². The van der Waals surface area contributed by atoms with E-state index >= 15 is 0 Å². The zero-order chi connectivity index (χ0) is 11.8. The van der Waals surface area contributed by atoms with Crippen molar-refractivity contribution in [1.29, 1.82) is 0 Å². The van der Waals surface area contributed by atoms with Gasteiger partial charge in [-0.2, -0.15) is 0 Å². The molecule has 2 rings (SSSR count). The van der Waals surface area contributed by atoms with Gasteiger partial charge in [-0.3, -0.25) is 0 Å². The van der Waals surface area contributed by atoms with E-state index < -0.39 is 0 Å². The summed E-state index contributed by atoms with van der Waals surface area (Å²) in [4.78, 5) is 11.3. The number of aldehydes is 1. The summed E-state index contributed by atoms with van der Waals surface area (Å²) in [5.74, 6) is 0.836. The number of carbonyl (C=O) groups excluding carboxylic acids is 1. The molecule has 1 saturated carbocycles. The van der Waals surface area contributed by atoms with Crippen molar-refractivity contribution in [1.82, 2.24) is 0 Å². The minimum Gasteiger partial charge on any atom is -0.497 e. The third-order valence-corrected chi connectivity index (χ3v) is 3.48. The van der Waals surface area contributed by atoms with Gasteiger partial charge in [0.2, 0.25) is 0 Å². The topological polar surface area (TPSA) is 26.3 Å². The van der Waals surface area contributed by atoms with Gasteiger partial charge in [-0.15, -0.1) is 0 Å². The Morgan fingerprint density at radius 3 is 2.12 bits per heavy atom. The van der Waals surface area contributed by atoms with Crippen molar-refractivity contribution in [3.05, 3.63) is 29.8 Å². The fourth-order valence-corrected chi connectivity index (χ4v) is 2.93. The van der Waals surface area contributed by atoms with Gasteiger partial charge < -0.3 is 9.53 Å². The highest BCUT2D eigenvalue weighted by molar-refractivity contribution is 5.71. The average Bonchev–Trinajstić information content (AvgIpc) is 2.25. The van der Waals surface area contributed by atoms with Crippen LogP contribution in [0, 0.1) is 5.41 Å². The Bertz CT molecular complexity index is 382. The lowest BCUT2D eigenvalue weighted by Crippen LogP contribution is -2.47. The maximum absolute atomic E-state index is 11.3. The first-order chi connectivity index (χ1) is 7.51. The number of methoxy groups -OCH3 is 1. The number of hydrogen-bond donors (Lipinski definition) is 0. The third kappa shape index (κ3) is 1.73. The second-order valence-electron chi connectivity index (χ2n) is 5.52. The van der Waals surface area contributed by atoms with E-state index in [2.05, 4.69) is 13.8 Å². The van der Waals surface area contributed by atoms with Gasteiger partial charge in [0.05, 0.1) is 12.5 Å². The molecule has 1 aromatic rings. The second-order valence-corrected chi connectivity index (χ2v) is 5.52. The van der Waals surface area contributed by atoms with Crippen LogP contribution in [0.5, 0.6) is 5.75 Å². The molecule has 1 aliphatic rings. The van der Waals surface area contributed by atoms with Crippen molar-refractivity contribution in [2.24, 2.45) is 5.41 Å². The van der Waals surface area contributed by atoms with E-state index in [1.807, 2.05) is 24.3 Å². The minimum atomic E-state index is -0.254. The molecule has 0 radical (unpaired) electrons. The standard InChI is InChI=1S/C14H18O2/c1-13(2)8-14(9-13,10-15)11-4-6-12(16-3)7-5-11/h4-7,10H,8-9H2,1-3H3. The SMILES string of the molecule is COc1ccc(C2(C=O)CC(C)(C)C2)cc1. The van der Waals surface area contributed by atoms with E-state index in [0.717, 1.165) is 30.4 Å². The Hall–Kier alpha value is -1.31. The predicted octanol–water partition coefficient (Wildman–Crippen LogP) is 2.95. The fourth-order valence-electron chi connectivity index (χ4n) is 2.93. The van der Waals surface area contributed by atoms with Crippen LogP contribution in [0.1, 0.15) is 32.3 Å². The van der Waals surface area contributed by atoms with E-state index in [9.17, 15) is 4.79 Å². The molecule has 0 spiro atoms. The van der Waals surface area contributed by atoms with Crippen molar-refractivity contribution in [3.8, 4) is 5.75 Å². The third-order valence-electron chi connectivity index (χ3n) is 3.48. The van der Waals surface area contributed by atoms with Gasteiger partial charge >= 0.3 is 0 Å². The molecule has 0 N–H and O–H groups in total. The molecule has 1 aliphatic carbocycles. The predicted molar refractivity (Wildman–Crippen MR) is 63.8 cm³/mol. The molecule has 2 nitrogen and oxygen atoms in total. The molecule has 0 aromatic heterocycles. The summed E-state index contributed by atoms with van der Waals surface area (Å²) in [6.07, 6.45) is 2.99. The number of hydrogen-bond acceptors (Lipinski definition) is 2. The van der Waals surface area contributed by atoms with E-state index in [4.69, 9.17) is 4.74 Å². The van der Waals surface area contributed by atoms with Crippen molar-refractivity contribution in [3.63, 3.8) is 0 Å². The zero-order valence-electron chi connectivity index (χ0n) is 10.1. The van der Waals surface area contributed by atoms with Gasteiger partial charge in [-0.05, 0) is 36.0 Å². The van der Waals surface area contributed by atoms with Gasteiger partial charge in [0.1, 0.15) is 12.0 Å². The van der Waals surface area contributed by atoms with E-state index in [1.165, 1.54) is 0 Å². The zero-order valence-corrected chi connectivity index (χ0v) is 10.1. The van der Waals surface area contributed by atoms with Gasteiger partial charge in [-0.25, -0.2) is 0 Å². The smallest absolute Gasteiger partial charge is 0.130 e. The quantitative estimate of drug-likeness (QED) is 0.729. The summed E-state index contributed by atoms with van der Waals surface area (Å²) in [5.41, 5.74) is 1.15. The molecule has 0 atom stereocenters. The van der Waals surface area contributed by atoms with Crippen molar-refractivity contribution in [2.75, 3.05) is 7.11 Å². The first-order valence-electron chi connectivity index (χ1n) is 5.62. The highest BCUT2D eigenvalue weighted by Crippen LogP contribution is 2.54. The first kappa shape index (κ1) is 11.2. The van der Waals surface area contributed by atoms with Crippen LogP contribution in [0.4, 0.5) is 0 Å². The molecule has 0 aliphatic heterocycles. The van der Waals surface area contributed by atoms with Crippen LogP contribution in [0.25, 0.3) is 0 Å². The van der Waals surface area contributed by atoms with Gasteiger partial charge in [-0.1, -0.05) is 26.0 Å². The molecule has 0 unspecified atom stereocenters. The Labute approximate surface area is 96.6 Å². The lowest BCUT2D eigenvalue weighted by Gasteiger charge is -2.50. The minimum absolute atomic E-state index is 0.254. The fraction of sp³-hybridized carbons (Fsp3) is 0.500. The summed E-state index contributed by atoms with van der Waals surface area (Å²) in [5, 5.41) is 0. The molecule has 0 amide bonds. The summed E-state index contributed by atoms with van der Waals surface area (Å²) < 4.78 is 5.12. The monoisotopic (exact) mass is 218 g/mol. The molecule has 0 heterocycles. The highest BCUT2D eigenvalue weighted by Gasteiger charge is 2.50. The number of benzene rings is 1. The van der Waals surface area contributed by atoms with E-state index in [1.54, 1.807) is 7.11 Å². The Morgan fingerprint density at radius 1 is 1.19 bits per heavy atom. The highest BCUT2D eigenvalue weighted by atomic mass is 16.5. The maximum Gasteiger partial charge on any atom is 0.130 e. The maximum atomic E-state index is 11.3. The van der Waals surface area contributed by atoms with Crippen LogP contribution < -0.4 is 4.74 Å². The first-order valence-corrected chi connectivity index (χ1v) is 5.62. The molecular formula is C14H18O2. The van der Waals surface area contributed by atoms with Crippen molar-refractivity contribution >= 4 is 6.29 Å². The molecule has 86 valence electrons. The van der Waals surface area contributed by atoms with Crippen molar-refractivity contribution in [2.45, 2.75) is 32.1 Å². The van der Waals surface area contributed by atoms with Gasteiger partial charge in [0.15, 0.2) is 0 Å². The molecule has 16 heavy (non-hydrogen) atoms. The Kier molecular flexibility index (Phi) is 2.53. The lowest BCUT2D eigenvalue weighted by atomic mass is 9.52. The average molecular weight is 218 g/mol. The molecule has 1 aromatic carbocycles. The van der Waals surface area contributed by atoms with Crippen LogP contribution in [0.3, 0.4) is 0 Å². The van der Waals surface area contributed by atoms with Crippen LogP contribution in [-0.4, -0.2) is 13.4 Å². The van der Waals surface area contributed by atoms with Gasteiger partial charge in [0, 0.05) is 0 Å². The molecule has 0 bridgehead atoms. The largest absolute Gasteiger partial charge is 0.497 e. The molecule has 1 fully saturated rings. The summed E-state index contributed by atoms with van der Waals surface area (Å²) in [6.45, 7) is 4.41. The molecular weight excluding hydrogens is 200 g/mol. The normalized spacial score (nSPS) is 20.9. The van der Waals surface area contributed by atoms with Gasteiger partial charge in [0.25, 0.3) is 0 Å². The van der Waals surface area contributed by atoms with Crippen LogP contribution >= 0.6 is 0 Å². The summed E-state index contributed by atoms with van der Waals surface area (Å²) in [6, 6.07) is 7.85. The number of rotatable bonds is 3. The second kappa shape index (κ2) is 3.62. The summed E-state index contributed by atoms with van der Waals surface area (Å²) >= 11 is 0. The van der Waals surface area contributed by atoms with Crippen LogP contribution in [0.15, 0.2) is 24.3 Å². The summed E-state index contributed by atoms with van der Waals surface area (Å²) in [7, 11) is 1.65. The van der Waals surface area contributed by atoms with Crippen LogP contribution in [0.2, 0.25) is 0 Å². The van der Waals surface area contributed by atoms with E-state index in [-0.39, 0.29) is 5.41 Å². The molecule has 0 saturated heterocycles. The van der Waals surface area contributed by atoms with E-state index in [0.29, 0.717) is 5.41 Å². The number of carbonyl (C=O) groups is 1.